The predicted octanol–water partition coefficient (Wildman–Crippen LogP) is 1.39. The minimum absolute atomic E-state index is 0.152. The monoisotopic (exact) mass is 338 g/mol. The lowest BCUT2D eigenvalue weighted by Gasteiger charge is -2.37. The summed E-state index contributed by atoms with van der Waals surface area (Å²) in [5.74, 6) is 0.438. The van der Waals surface area contributed by atoms with E-state index in [9.17, 15) is 14.4 Å². The number of hydrogen-bond acceptors (Lipinski definition) is 4. The minimum Gasteiger partial charge on any atom is -0.497 e. The predicted molar refractivity (Wildman–Crippen MR) is 87.0 cm³/mol. The number of nitrogens with one attached hydrogen (secondary N) is 1. The number of carbonyl (C=O) groups excluding carboxylic acids is 3. The SMILES string of the molecule is COc1ccc(C(=O)NN2C(=O)[C@H]3[C@@H]4C=C[C@H]([C@@H]5C[C@H]45)[C@@H]3C2=O)cc1. The molecular weight excluding hydrogens is 320 g/mol. The third kappa shape index (κ3) is 1.94. The van der Waals surface area contributed by atoms with E-state index in [1.807, 2.05) is 0 Å². The number of hydrazine groups is 1. The molecule has 0 spiro atoms. The first-order chi connectivity index (χ1) is 12.1. The molecule has 0 unspecified atom stereocenters. The third-order valence-electron chi connectivity index (χ3n) is 6.23. The molecule has 6 atom stereocenters. The molecule has 1 heterocycles. The molecule has 2 bridgehead atoms. The van der Waals surface area contributed by atoms with Crippen LogP contribution in [0.4, 0.5) is 0 Å². The number of carbonyl (C=O) groups is 3. The maximum absolute atomic E-state index is 12.8. The van der Waals surface area contributed by atoms with E-state index >= 15 is 0 Å². The largest absolute Gasteiger partial charge is 0.497 e. The quantitative estimate of drug-likeness (QED) is 0.668. The molecule has 1 aliphatic heterocycles. The molecule has 3 fully saturated rings. The number of ether oxygens (including phenoxy) is 1. The normalized spacial score (nSPS) is 36.9. The number of amides is 3. The van der Waals surface area contributed by atoms with Crippen molar-refractivity contribution in [3.63, 3.8) is 0 Å². The zero-order valence-corrected chi connectivity index (χ0v) is 13.7. The number of methoxy groups -OCH3 is 1. The molecule has 1 N–H and O–H groups in total. The van der Waals surface area contributed by atoms with Crippen LogP contribution in [0.25, 0.3) is 0 Å². The van der Waals surface area contributed by atoms with Crippen LogP contribution in [0.5, 0.6) is 5.75 Å². The van der Waals surface area contributed by atoms with Gasteiger partial charge in [-0.2, -0.15) is 5.01 Å². The highest BCUT2D eigenvalue weighted by Gasteiger charge is 2.67. The fourth-order valence-electron chi connectivity index (χ4n) is 4.98. The van der Waals surface area contributed by atoms with Crippen LogP contribution in [0.3, 0.4) is 0 Å². The molecule has 1 aromatic rings. The van der Waals surface area contributed by atoms with E-state index < -0.39 is 5.91 Å². The maximum Gasteiger partial charge on any atom is 0.270 e. The van der Waals surface area contributed by atoms with Gasteiger partial charge in [-0.05, 0) is 54.4 Å². The molecule has 1 saturated heterocycles. The fraction of sp³-hybridized carbons (Fsp3) is 0.421. The summed E-state index contributed by atoms with van der Waals surface area (Å²) in [7, 11) is 1.55. The number of allylic oxidation sites excluding steroid dienone is 2. The average molecular weight is 338 g/mol. The summed E-state index contributed by atoms with van der Waals surface area (Å²) in [6.45, 7) is 0. The highest BCUT2D eigenvalue weighted by atomic mass is 16.5. The van der Waals surface area contributed by atoms with E-state index in [2.05, 4.69) is 17.6 Å². The maximum atomic E-state index is 12.8. The first-order valence-corrected chi connectivity index (χ1v) is 8.61. The van der Waals surface area contributed by atoms with Crippen LogP contribution >= 0.6 is 0 Å². The summed E-state index contributed by atoms with van der Waals surface area (Å²) in [4.78, 5) is 38.1. The van der Waals surface area contributed by atoms with Crippen molar-refractivity contribution in [2.45, 2.75) is 6.42 Å². The van der Waals surface area contributed by atoms with Crippen LogP contribution in [0.1, 0.15) is 16.8 Å². The van der Waals surface area contributed by atoms with Crippen LogP contribution < -0.4 is 10.2 Å². The standard InChI is InChI=1S/C19H18N2O4/c1-25-10-4-2-9(3-5-10)17(22)20-21-18(23)15-11-6-7-12(14-8-13(11)14)16(15)19(21)24/h2-7,11-16H,8H2,1H3,(H,20,22)/t11-,12-,13-,14+,15+,16+/m1/s1. The van der Waals surface area contributed by atoms with Gasteiger partial charge in [0.25, 0.3) is 17.7 Å². The van der Waals surface area contributed by atoms with Crippen LogP contribution in [0.15, 0.2) is 36.4 Å². The van der Waals surface area contributed by atoms with Crippen molar-refractivity contribution in [2.75, 3.05) is 7.11 Å². The van der Waals surface area contributed by atoms with Crippen molar-refractivity contribution >= 4 is 17.7 Å². The van der Waals surface area contributed by atoms with Gasteiger partial charge in [0, 0.05) is 5.56 Å². The second-order valence-electron chi connectivity index (χ2n) is 7.34. The van der Waals surface area contributed by atoms with Gasteiger partial charge in [-0.15, -0.1) is 0 Å². The minimum atomic E-state index is -0.464. The summed E-state index contributed by atoms with van der Waals surface area (Å²) in [5, 5.41) is 0.958. The Kier molecular flexibility index (Phi) is 2.90. The lowest BCUT2D eigenvalue weighted by Crippen LogP contribution is -2.46. The van der Waals surface area contributed by atoms with Crippen LogP contribution in [0.2, 0.25) is 0 Å². The number of hydrogen-bond donors (Lipinski definition) is 1. The molecule has 4 aliphatic carbocycles. The summed E-state index contributed by atoms with van der Waals surface area (Å²) >= 11 is 0. The third-order valence-corrected chi connectivity index (χ3v) is 6.23. The first-order valence-electron chi connectivity index (χ1n) is 8.61. The molecule has 6 rings (SSSR count). The lowest BCUT2D eigenvalue weighted by molar-refractivity contribution is -0.143. The molecule has 0 aromatic heterocycles. The molecule has 3 amide bonds. The van der Waals surface area contributed by atoms with Crippen LogP contribution in [-0.2, 0) is 9.59 Å². The van der Waals surface area contributed by atoms with Gasteiger partial charge in [0.1, 0.15) is 5.75 Å². The Morgan fingerprint density at radius 2 is 1.60 bits per heavy atom. The van der Waals surface area contributed by atoms with Crippen molar-refractivity contribution < 1.29 is 19.1 Å². The van der Waals surface area contributed by atoms with Crippen molar-refractivity contribution in [3.05, 3.63) is 42.0 Å². The van der Waals surface area contributed by atoms with E-state index in [0.717, 1.165) is 11.4 Å². The molecule has 1 aromatic carbocycles. The second-order valence-corrected chi connectivity index (χ2v) is 7.34. The molecule has 5 aliphatic rings. The topological polar surface area (TPSA) is 75.7 Å². The van der Waals surface area contributed by atoms with Crippen molar-refractivity contribution in [3.8, 4) is 5.75 Å². The average Bonchev–Trinajstić information content (AvgIpc) is 3.43. The molecule has 2 saturated carbocycles. The van der Waals surface area contributed by atoms with Crippen molar-refractivity contribution in [1.29, 1.82) is 0 Å². The van der Waals surface area contributed by atoms with Gasteiger partial charge in [0.05, 0.1) is 18.9 Å². The number of nitrogens with zero attached hydrogens (tertiary/aromatic N) is 1. The van der Waals surface area contributed by atoms with Gasteiger partial charge in [-0.25, -0.2) is 0 Å². The zero-order valence-electron chi connectivity index (χ0n) is 13.7. The van der Waals surface area contributed by atoms with Gasteiger partial charge in [0.15, 0.2) is 0 Å². The fourth-order valence-corrected chi connectivity index (χ4v) is 4.98. The molecular formula is C19H18N2O4. The smallest absolute Gasteiger partial charge is 0.270 e. The van der Waals surface area contributed by atoms with Crippen molar-refractivity contribution in [1.82, 2.24) is 10.4 Å². The lowest BCUT2D eigenvalue weighted by atomic mass is 9.63. The van der Waals surface area contributed by atoms with Gasteiger partial charge >= 0.3 is 0 Å². The zero-order chi connectivity index (χ0) is 17.3. The van der Waals surface area contributed by atoms with Crippen LogP contribution in [-0.4, -0.2) is 29.8 Å². The number of rotatable bonds is 3. The van der Waals surface area contributed by atoms with Gasteiger partial charge in [-0.1, -0.05) is 12.2 Å². The Bertz CT molecular complexity index is 779. The van der Waals surface area contributed by atoms with E-state index in [0.29, 0.717) is 23.1 Å². The summed E-state index contributed by atoms with van der Waals surface area (Å²) < 4.78 is 5.07. The Hall–Kier alpha value is -2.63. The number of benzene rings is 1. The van der Waals surface area contributed by atoms with Crippen molar-refractivity contribution in [2.24, 2.45) is 35.5 Å². The van der Waals surface area contributed by atoms with E-state index in [4.69, 9.17) is 4.74 Å². The summed E-state index contributed by atoms with van der Waals surface area (Å²) in [6, 6.07) is 6.54. The molecule has 6 heteroatoms. The van der Waals surface area contributed by atoms with Gasteiger partial charge in [0.2, 0.25) is 0 Å². The Morgan fingerprint density at radius 3 is 2.12 bits per heavy atom. The highest BCUT2D eigenvalue weighted by Crippen LogP contribution is 2.65. The first kappa shape index (κ1) is 14.7. The van der Waals surface area contributed by atoms with Crippen LogP contribution in [0, 0.1) is 35.5 Å². The molecule has 6 nitrogen and oxygen atoms in total. The number of imide groups is 1. The van der Waals surface area contributed by atoms with Gasteiger partial charge < -0.3 is 4.74 Å². The Labute approximate surface area is 144 Å². The van der Waals surface area contributed by atoms with E-state index in [-0.39, 0.29) is 35.5 Å². The summed E-state index contributed by atoms with van der Waals surface area (Å²) in [6.07, 6.45) is 5.34. The Morgan fingerprint density at radius 1 is 1.04 bits per heavy atom. The Balaban J connectivity index is 1.37. The van der Waals surface area contributed by atoms with E-state index in [1.54, 1.807) is 31.4 Å². The summed E-state index contributed by atoms with van der Waals surface area (Å²) in [5.41, 5.74) is 2.89. The molecule has 0 radical (unpaired) electrons. The second kappa shape index (κ2) is 4.94. The highest BCUT2D eigenvalue weighted by molar-refractivity contribution is 6.08. The van der Waals surface area contributed by atoms with Gasteiger partial charge in [-0.3, -0.25) is 19.8 Å². The molecule has 25 heavy (non-hydrogen) atoms. The molecule has 128 valence electrons. The van der Waals surface area contributed by atoms with E-state index in [1.165, 1.54) is 0 Å².